The largest absolute Gasteiger partial charge is 0.480 e. The maximum atomic E-state index is 12.3. The number of hydrogen-bond donors (Lipinski definition) is 2. The number of hydrogen-bond acceptors (Lipinski definition) is 4. The van der Waals surface area contributed by atoms with Gasteiger partial charge in [-0.2, -0.15) is 0 Å². The van der Waals surface area contributed by atoms with Crippen molar-refractivity contribution in [3.8, 4) is 0 Å². The highest BCUT2D eigenvalue weighted by Crippen LogP contribution is 2.38. The van der Waals surface area contributed by atoms with Gasteiger partial charge in [-0.05, 0) is 25.5 Å². The SMILES string of the molecule is CC1(C(=O)NC2(C(=O)O)CCOCC2)CCCS1. The molecule has 2 aliphatic heterocycles. The molecule has 1 atom stereocenters. The standard InChI is InChI=1S/C12H19NO4S/c1-11(3-2-8-18-11)9(14)13-12(10(15)16)4-6-17-7-5-12/h2-8H2,1H3,(H,13,14)(H,15,16). The summed E-state index contributed by atoms with van der Waals surface area (Å²) in [4.78, 5) is 23.8. The van der Waals surface area contributed by atoms with Gasteiger partial charge in [0.05, 0.1) is 4.75 Å². The second kappa shape index (κ2) is 5.09. The molecule has 18 heavy (non-hydrogen) atoms. The first-order valence-corrected chi connectivity index (χ1v) is 7.25. The number of amides is 1. The number of carboxylic acids is 1. The zero-order valence-electron chi connectivity index (χ0n) is 10.5. The zero-order chi connectivity index (χ0) is 13.2. The molecule has 0 aromatic heterocycles. The van der Waals surface area contributed by atoms with Crippen LogP contribution in [0.25, 0.3) is 0 Å². The van der Waals surface area contributed by atoms with Gasteiger partial charge in [0, 0.05) is 26.1 Å². The van der Waals surface area contributed by atoms with Crippen molar-refractivity contribution in [2.75, 3.05) is 19.0 Å². The van der Waals surface area contributed by atoms with Crippen LogP contribution in [0.3, 0.4) is 0 Å². The molecule has 1 amide bonds. The third-order valence-corrected chi connectivity index (χ3v) is 5.33. The average molecular weight is 273 g/mol. The van der Waals surface area contributed by atoms with Crippen LogP contribution in [0.15, 0.2) is 0 Å². The minimum absolute atomic E-state index is 0.144. The summed E-state index contributed by atoms with van der Waals surface area (Å²) in [5.74, 6) is -0.132. The molecular formula is C12H19NO4S. The molecule has 0 aliphatic carbocycles. The monoisotopic (exact) mass is 273 g/mol. The molecule has 0 bridgehead atoms. The van der Waals surface area contributed by atoms with Gasteiger partial charge < -0.3 is 15.2 Å². The van der Waals surface area contributed by atoms with Crippen LogP contribution >= 0.6 is 11.8 Å². The van der Waals surface area contributed by atoms with Crippen molar-refractivity contribution < 1.29 is 19.4 Å². The number of rotatable bonds is 3. The van der Waals surface area contributed by atoms with Crippen LogP contribution in [0.1, 0.15) is 32.6 Å². The Morgan fingerprint density at radius 1 is 1.28 bits per heavy atom. The third-order valence-electron chi connectivity index (χ3n) is 3.81. The molecule has 1 unspecified atom stereocenters. The van der Waals surface area contributed by atoms with E-state index in [1.54, 1.807) is 11.8 Å². The number of carboxylic acid groups (broad SMARTS) is 1. The Hall–Kier alpha value is -0.750. The van der Waals surface area contributed by atoms with Gasteiger partial charge in [-0.1, -0.05) is 0 Å². The lowest BCUT2D eigenvalue weighted by Gasteiger charge is -2.36. The van der Waals surface area contributed by atoms with Crippen molar-refractivity contribution in [3.63, 3.8) is 0 Å². The summed E-state index contributed by atoms with van der Waals surface area (Å²) in [7, 11) is 0. The highest BCUT2D eigenvalue weighted by molar-refractivity contribution is 8.01. The Bertz CT molecular complexity index is 346. The lowest BCUT2D eigenvalue weighted by atomic mass is 9.89. The molecule has 0 aromatic carbocycles. The van der Waals surface area contributed by atoms with Crippen LogP contribution in [-0.2, 0) is 14.3 Å². The van der Waals surface area contributed by atoms with Gasteiger partial charge in [0.1, 0.15) is 5.54 Å². The maximum Gasteiger partial charge on any atom is 0.329 e. The number of carbonyl (C=O) groups is 2. The maximum absolute atomic E-state index is 12.3. The van der Waals surface area contributed by atoms with Crippen molar-refractivity contribution in [1.82, 2.24) is 5.32 Å². The van der Waals surface area contributed by atoms with Crippen molar-refractivity contribution in [2.45, 2.75) is 42.9 Å². The lowest BCUT2D eigenvalue weighted by molar-refractivity contribution is -0.152. The number of thioether (sulfide) groups is 1. The highest BCUT2D eigenvalue weighted by Gasteiger charge is 2.46. The minimum Gasteiger partial charge on any atom is -0.480 e. The molecule has 5 nitrogen and oxygen atoms in total. The van der Waals surface area contributed by atoms with Gasteiger partial charge >= 0.3 is 5.97 Å². The van der Waals surface area contributed by atoms with Gasteiger partial charge in [-0.15, -0.1) is 11.8 Å². The lowest BCUT2D eigenvalue weighted by Crippen LogP contribution is -2.60. The Morgan fingerprint density at radius 2 is 1.94 bits per heavy atom. The molecular weight excluding hydrogens is 254 g/mol. The van der Waals surface area contributed by atoms with Crippen LogP contribution in [0.5, 0.6) is 0 Å². The second-order valence-corrected chi connectivity index (χ2v) is 6.73. The molecule has 0 spiro atoms. The molecule has 0 aromatic rings. The summed E-state index contributed by atoms with van der Waals surface area (Å²) < 4.78 is 4.72. The van der Waals surface area contributed by atoms with E-state index >= 15 is 0 Å². The Kier molecular flexibility index (Phi) is 3.87. The number of carbonyl (C=O) groups excluding carboxylic acids is 1. The molecule has 2 heterocycles. The fraction of sp³-hybridized carbons (Fsp3) is 0.833. The Balaban J connectivity index is 2.09. The predicted octanol–water partition coefficient (Wildman–Crippen LogP) is 1.02. The van der Waals surface area contributed by atoms with Crippen molar-refractivity contribution in [2.24, 2.45) is 0 Å². The molecule has 2 fully saturated rings. The van der Waals surface area contributed by atoms with E-state index in [-0.39, 0.29) is 5.91 Å². The summed E-state index contributed by atoms with van der Waals surface area (Å²) in [6.07, 6.45) is 2.51. The molecule has 0 saturated carbocycles. The topological polar surface area (TPSA) is 75.6 Å². The van der Waals surface area contributed by atoms with E-state index in [9.17, 15) is 14.7 Å². The molecule has 2 N–H and O–H groups in total. The number of nitrogens with one attached hydrogen (secondary N) is 1. The van der Waals surface area contributed by atoms with Crippen molar-refractivity contribution >= 4 is 23.6 Å². The van der Waals surface area contributed by atoms with E-state index in [4.69, 9.17) is 4.74 Å². The highest BCUT2D eigenvalue weighted by atomic mass is 32.2. The van der Waals surface area contributed by atoms with Gasteiger partial charge in [-0.3, -0.25) is 4.79 Å². The number of aliphatic carboxylic acids is 1. The van der Waals surface area contributed by atoms with Gasteiger partial charge in [0.25, 0.3) is 0 Å². The summed E-state index contributed by atoms with van der Waals surface area (Å²) >= 11 is 1.62. The first-order chi connectivity index (χ1) is 8.49. The van der Waals surface area contributed by atoms with Crippen molar-refractivity contribution in [1.29, 1.82) is 0 Å². The Labute approximate surface area is 111 Å². The molecule has 0 radical (unpaired) electrons. The van der Waals surface area contributed by atoms with E-state index in [0.717, 1.165) is 18.6 Å². The number of ether oxygens (including phenoxy) is 1. The van der Waals surface area contributed by atoms with E-state index < -0.39 is 16.3 Å². The molecule has 2 rings (SSSR count). The normalized spacial score (nSPS) is 30.9. The van der Waals surface area contributed by atoms with Crippen molar-refractivity contribution in [3.05, 3.63) is 0 Å². The zero-order valence-corrected chi connectivity index (χ0v) is 11.3. The third kappa shape index (κ3) is 2.49. The average Bonchev–Trinajstić information content (AvgIpc) is 2.78. The molecule has 102 valence electrons. The quantitative estimate of drug-likeness (QED) is 0.803. The Morgan fingerprint density at radius 3 is 2.44 bits per heavy atom. The van der Waals surface area contributed by atoms with Gasteiger partial charge in [0.2, 0.25) is 5.91 Å². The van der Waals surface area contributed by atoms with E-state index in [1.807, 2.05) is 6.92 Å². The summed E-state index contributed by atoms with van der Waals surface area (Å²) in [6, 6.07) is 0. The molecule has 2 aliphatic rings. The van der Waals surface area contributed by atoms with Crippen LogP contribution in [-0.4, -0.2) is 46.2 Å². The molecule has 6 heteroatoms. The van der Waals surface area contributed by atoms with Crippen LogP contribution in [0, 0.1) is 0 Å². The van der Waals surface area contributed by atoms with E-state index in [0.29, 0.717) is 26.1 Å². The first kappa shape index (κ1) is 13.7. The van der Waals surface area contributed by atoms with E-state index in [1.165, 1.54) is 0 Å². The van der Waals surface area contributed by atoms with Gasteiger partial charge in [0.15, 0.2) is 0 Å². The summed E-state index contributed by atoms with van der Waals surface area (Å²) in [5.41, 5.74) is -1.14. The summed E-state index contributed by atoms with van der Waals surface area (Å²) in [5, 5.41) is 12.2. The minimum atomic E-state index is -1.14. The fourth-order valence-electron chi connectivity index (χ4n) is 2.42. The van der Waals surface area contributed by atoms with Crippen LogP contribution in [0.4, 0.5) is 0 Å². The second-order valence-electron chi connectivity index (χ2n) is 5.14. The predicted molar refractivity (Wildman–Crippen MR) is 68.7 cm³/mol. The van der Waals surface area contributed by atoms with Gasteiger partial charge in [-0.25, -0.2) is 4.79 Å². The fourth-order valence-corrected chi connectivity index (χ4v) is 3.63. The van der Waals surface area contributed by atoms with Crippen LogP contribution < -0.4 is 5.32 Å². The first-order valence-electron chi connectivity index (χ1n) is 6.26. The summed E-state index contributed by atoms with van der Waals surface area (Å²) in [6.45, 7) is 2.67. The van der Waals surface area contributed by atoms with E-state index in [2.05, 4.69) is 5.32 Å². The smallest absolute Gasteiger partial charge is 0.329 e. The molecule has 2 saturated heterocycles. The van der Waals surface area contributed by atoms with Crippen LogP contribution in [0.2, 0.25) is 0 Å².